The molecule has 0 bridgehead atoms. The number of halogens is 6. The van der Waals surface area contributed by atoms with Gasteiger partial charge in [-0.25, -0.2) is 9.67 Å². The lowest BCUT2D eigenvalue weighted by Gasteiger charge is -2.13. The van der Waals surface area contributed by atoms with Crippen LogP contribution in [0, 0.1) is 22.7 Å². The molecule has 0 fully saturated rings. The van der Waals surface area contributed by atoms with E-state index in [9.17, 15) is 18.0 Å². The summed E-state index contributed by atoms with van der Waals surface area (Å²) >= 11 is 18.2. The van der Waals surface area contributed by atoms with E-state index in [-0.39, 0.29) is 39.3 Å². The van der Waals surface area contributed by atoms with Crippen molar-refractivity contribution in [2.24, 2.45) is 0 Å². The van der Waals surface area contributed by atoms with Crippen molar-refractivity contribution in [1.29, 1.82) is 10.5 Å². The topological polar surface area (TPSA) is 111 Å². The number of carbonyl (C=O) groups excluding carboxylic acids is 1. The molecule has 0 saturated carbocycles. The van der Waals surface area contributed by atoms with Crippen LogP contribution in [-0.4, -0.2) is 26.0 Å². The Kier molecular flexibility index (Phi) is 5.28. The summed E-state index contributed by atoms with van der Waals surface area (Å²) in [5.74, 6) is -0.115. The molecule has 1 N–H and O–H groups in total. The number of hydrogen-bond acceptors (Lipinski definition) is 5. The summed E-state index contributed by atoms with van der Waals surface area (Å²) in [6.07, 6.45) is -4.38. The average molecular weight is 460 g/mol. The number of rotatable bonds is 3. The Morgan fingerprint density at radius 2 is 1.76 bits per heavy atom. The van der Waals surface area contributed by atoms with Gasteiger partial charge < -0.3 is 4.98 Å². The summed E-state index contributed by atoms with van der Waals surface area (Å²) in [4.78, 5) is 17.9. The molecule has 0 aliphatic carbocycles. The predicted molar refractivity (Wildman–Crippen MR) is 96.0 cm³/mol. The number of H-pyrrole nitrogens is 1. The summed E-state index contributed by atoms with van der Waals surface area (Å²) in [6, 6.07) is 4.69. The predicted octanol–water partition coefficient (Wildman–Crippen LogP) is 4.80. The minimum absolute atomic E-state index is 0.0910. The van der Waals surface area contributed by atoms with Gasteiger partial charge in [0.2, 0.25) is 0 Å². The van der Waals surface area contributed by atoms with Crippen molar-refractivity contribution in [2.75, 3.05) is 0 Å². The summed E-state index contributed by atoms with van der Waals surface area (Å²) in [7, 11) is 0. The van der Waals surface area contributed by atoms with Crippen LogP contribution in [0.1, 0.15) is 27.4 Å². The quantitative estimate of drug-likeness (QED) is 0.566. The van der Waals surface area contributed by atoms with Crippen LogP contribution in [-0.2, 0) is 6.18 Å². The number of aromatic nitrogens is 4. The number of nitriles is 2. The van der Waals surface area contributed by atoms with E-state index in [1.54, 1.807) is 12.1 Å². The molecule has 3 aromatic rings. The molecule has 0 radical (unpaired) electrons. The Labute approximate surface area is 174 Å². The average Bonchev–Trinajstić information content (AvgIpc) is 3.20. The Morgan fingerprint density at radius 3 is 2.21 bits per heavy atom. The van der Waals surface area contributed by atoms with Crippen molar-refractivity contribution in [3.05, 3.63) is 50.0 Å². The van der Waals surface area contributed by atoms with Gasteiger partial charge in [-0.15, -0.1) is 0 Å². The number of aldehydes is 1. The maximum absolute atomic E-state index is 12.9. The van der Waals surface area contributed by atoms with Crippen LogP contribution in [0.25, 0.3) is 17.1 Å². The maximum Gasteiger partial charge on any atom is 0.416 e. The molecule has 0 unspecified atom stereocenters. The Balaban J connectivity index is 2.25. The molecule has 0 atom stereocenters. The third-order valence-electron chi connectivity index (χ3n) is 3.68. The highest BCUT2D eigenvalue weighted by Gasteiger charge is 2.33. The normalized spacial score (nSPS) is 11.2. The van der Waals surface area contributed by atoms with E-state index in [2.05, 4.69) is 15.1 Å². The maximum atomic E-state index is 12.9. The van der Waals surface area contributed by atoms with Crippen molar-refractivity contribution in [2.45, 2.75) is 6.18 Å². The van der Waals surface area contributed by atoms with Gasteiger partial charge in [-0.05, 0) is 12.1 Å². The molecular weight excluding hydrogens is 456 g/mol. The fraction of sp³-hybridized carbons (Fsp3) is 0.0625. The van der Waals surface area contributed by atoms with E-state index in [0.29, 0.717) is 18.4 Å². The molecular formula is C16H4Cl3F3N6O. The first kappa shape index (κ1) is 20.7. The number of alkyl halides is 3. The summed E-state index contributed by atoms with van der Waals surface area (Å²) in [5.41, 5.74) is -2.06. The van der Waals surface area contributed by atoms with Gasteiger partial charge in [0.15, 0.2) is 17.7 Å². The molecule has 2 heterocycles. The number of nitrogens with one attached hydrogen (secondary N) is 1. The molecule has 0 saturated heterocycles. The number of hydrogen-bond donors (Lipinski definition) is 1. The lowest BCUT2D eigenvalue weighted by molar-refractivity contribution is -0.137. The van der Waals surface area contributed by atoms with Crippen LogP contribution in [0.4, 0.5) is 13.2 Å². The van der Waals surface area contributed by atoms with Crippen molar-refractivity contribution >= 4 is 41.1 Å². The first-order chi connectivity index (χ1) is 13.6. The Bertz CT molecular complexity index is 1180. The highest BCUT2D eigenvalue weighted by atomic mass is 35.5. The van der Waals surface area contributed by atoms with E-state index in [1.165, 1.54) is 0 Å². The largest absolute Gasteiger partial charge is 0.416 e. The summed E-state index contributed by atoms with van der Waals surface area (Å²) in [6.45, 7) is 0. The van der Waals surface area contributed by atoms with Crippen LogP contribution in [0.15, 0.2) is 12.1 Å². The number of aromatic amines is 1. The molecule has 1 aromatic carbocycles. The monoisotopic (exact) mass is 458 g/mol. The number of imidazole rings is 1. The lowest BCUT2D eigenvalue weighted by atomic mass is 10.2. The van der Waals surface area contributed by atoms with Gasteiger partial charge in [-0.3, -0.25) is 4.79 Å². The zero-order valence-corrected chi connectivity index (χ0v) is 15.9. The highest BCUT2D eigenvalue weighted by Crippen LogP contribution is 2.40. The van der Waals surface area contributed by atoms with Gasteiger partial charge in [0.1, 0.15) is 34.5 Å². The smallest absolute Gasteiger partial charge is 0.328 e. The zero-order valence-electron chi connectivity index (χ0n) is 13.6. The van der Waals surface area contributed by atoms with Crippen molar-refractivity contribution < 1.29 is 18.0 Å². The van der Waals surface area contributed by atoms with E-state index in [4.69, 9.17) is 45.3 Å². The Morgan fingerprint density at radius 1 is 1.14 bits per heavy atom. The SMILES string of the molecule is N#Cc1nc(-c2c(C=O)nn(-c3c(Cl)cc(C(F)(F)F)cc3Cl)c2Cl)[nH]c1C#N. The molecule has 0 spiro atoms. The van der Waals surface area contributed by atoms with Crippen LogP contribution in [0.2, 0.25) is 15.2 Å². The summed E-state index contributed by atoms with van der Waals surface area (Å²) in [5, 5.41) is 20.8. The third-order valence-corrected chi connectivity index (χ3v) is 4.61. The zero-order chi connectivity index (χ0) is 21.5. The first-order valence-corrected chi connectivity index (χ1v) is 8.46. The second-order valence-electron chi connectivity index (χ2n) is 5.40. The fourth-order valence-corrected chi connectivity index (χ4v) is 3.40. The van der Waals surface area contributed by atoms with E-state index < -0.39 is 21.8 Å². The number of carbonyl (C=O) groups is 1. The standard InChI is InChI=1S/C16H4Cl3F3N6O/c17-7-1-6(16(20,21)22)2-8(18)13(7)28-14(19)12(11(5-29)27-28)15-25-9(3-23)10(4-24)26-15/h1-2,5H,(H,25,26). The van der Waals surface area contributed by atoms with E-state index >= 15 is 0 Å². The van der Waals surface area contributed by atoms with Crippen molar-refractivity contribution in [1.82, 2.24) is 19.7 Å². The third kappa shape index (κ3) is 3.54. The molecule has 0 aliphatic heterocycles. The van der Waals surface area contributed by atoms with Gasteiger partial charge in [-0.1, -0.05) is 34.8 Å². The minimum Gasteiger partial charge on any atom is -0.328 e. The lowest BCUT2D eigenvalue weighted by Crippen LogP contribution is -2.07. The van der Waals surface area contributed by atoms with Gasteiger partial charge in [0, 0.05) is 0 Å². The molecule has 2 aromatic heterocycles. The van der Waals surface area contributed by atoms with Gasteiger partial charge in [0.05, 0.1) is 21.2 Å². The summed E-state index contributed by atoms with van der Waals surface area (Å²) < 4.78 is 39.7. The second-order valence-corrected chi connectivity index (χ2v) is 6.57. The molecule has 0 aliphatic rings. The van der Waals surface area contributed by atoms with Crippen LogP contribution in [0.5, 0.6) is 0 Å². The molecule has 29 heavy (non-hydrogen) atoms. The van der Waals surface area contributed by atoms with Gasteiger partial charge in [-0.2, -0.15) is 28.8 Å². The van der Waals surface area contributed by atoms with Crippen LogP contribution >= 0.6 is 34.8 Å². The van der Waals surface area contributed by atoms with Gasteiger partial charge in [0.25, 0.3) is 0 Å². The fourth-order valence-electron chi connectivity index (χ4n) is 2.45. The molecule has 146 valence electrons. The number of nitrogens with zero attached hydrogens (tertiary/aromatic N) is 5. The molecule has 0 amide bonds. The Hall–Kier alpha value is -3.05. The number of benzene rings is 1. The van der Waals surface area contributed by atoms with Gasteiger partial charge >= 0.3 is 6.18 Å². The minimum atomic E-state index is -4.69. The highest BCUT2D eigenvalue weighted by molar-refractivity contribution is 6.38. The molecule has 3 rings (SSSR count). The van der Waals surface area contributed by atoms with Crippen molar-refractivity contribution in [3.8, 4) is 29.2 Å². The second kappa shape index (κ2) is 7.41. The van der Waals surface area contributed by atoms with Crippen LogP contribution < -0.4 is 0 Å². The molecule has 13 heteroatoms. The first-order valence-electron chi connectivity index (χ1n) is 7.33. The van der Waals surface area contributed by atoms with E-state index in [1.807, 2.05) is 0 Å². The van der Waals surface area contributed by atoms with Crippen molar-refractivity contribution in [3.63, 3.8) is 0 Å². The molecule has 7 nitrogen and oxygen atoms in total. The van der Waals surface area contributed by atoms with E-state index in [0.717, 1.165) is 4.68 Å². The van der Waals surface area contributed by atoms with Crippen LogP contribution in [0.3, 0.4) is 0 Å².